The number of thiazole rings is 1. The summed E-state index contributed by atoms with van der Waals surface area (Å²) in [5.74, 6) is 0. The minimum Gasteiger partial charge on any atom is -0.330 e. The van der Waals surface area contributed by atoms with Gasteiger partial charge in [-0.25, -0.2) is 4.98 Å². The molecule has 0 bridgehead atoms. The van der Waals surface area contributed by atoms with Crippen molar-refractivity contribution in [2.75, 3.05) is 6.54 Å². The standard InChI is InChI=1S/C6H10N2S.2ClH/c7-3-1-2-6-8-4-5-9-6;;/h4-5H,1-3,7H2;2*1H. The van der Waals surface area contributed by atoms with Crippen LogP contribution in [0.15, 0.2) is 11.6 Å². The molecular formula is C6H12Cl2N2S. The van der Waals surface area contributed by atoms with Gasteiger partial charge in [0.05, 0.1) is 5.01 Å². The quantitative estimate of drug-likeness (QED) is 0.835. The van der Waals surface area contributed by atoms with Gasteiger partial charge in [-0.15, -0.1) is 36.2 Å². The second kappa shape index (κ2) is 8.27. The molecule has 0 atom stereocenters. The van der Waals surface area contributed by atoms with E-state index < -0.39 is 0 Å². The molecule has 0 saturated carbocycles. The minimum absolute atomic E-state index is 0. The van der Waals surface area contributed by atoms with Gasteiger partial charge in [0.25, 0.3) is 0 Å². The zero-order valence-electron chi connectivity index (χ0n) is 6.03. The second-order valence-electron chi connectivity index (χ2n) is 1.82. The largest absolute Gasteiger partial charge is 0.330 e. The highest BCUT2D eigenvalue weighted by molar-refractivity contribution is 7.09. The van der Waals surface area contributed by atoms with E-state index >= 15 is 0 Å². The second-order valence-corrected chi connectivity index (χ2v) is 2.80. The van der Waals surface area contributed by atoms with Gasteiger partial charge in [0.2, 0.25) is 0 Å². The summed E-state index contributed by atoms with van der Waals surface area (Å²) in [7, 11) is 0. The molecule has 0 spiro atoms. The first kappa shape index (κ1) is 13.7. The van der Waals surface area contributed by atoms with Crippen LogP contribution >= 0.6 is 36.2 Å². The lowest BCUT2D eigenvalue weighted by molar-refractivity contribution is 0.826. The van der Waals surface area contributed by atoms with Crippen LogP contribution in [0.5, 0.6) is 0 Å². The first-order chi connectivity index (χ1) is 4.43. The lowest BCUT2D eigenvalue weighted by atomic mass is 10.3. The highest BCUT2D eigenvalue weighted by Crippen LogP contribution is 2.05. The van der Waals surface area contributed by atoms with Crippen molar-refractivity contribution in [3.63, 3.8) is 0 Å². The fourth-order valence-electron chi connectivity index (χ4n) is 0.630. The summed E-state index contributed by atoms with van der Waals surface area (Å²) in [5.41, 5.74) is 5.32. The molecular weight excluding hydrogens is 203 g/mol. The van der Waals surface area contributed by atoms with Crippen molar-refractivity contribution in [2.24, 2.45) is 5.73 Å². The molecule has 1 aromatic rings. The Balaban J connectivity index is 0. The van der Waals surface area contributed by atoms with Crippen molar-refractivity contribution in [1.82, 2.24) is 4.98 Å². The Labute approximate surface area is 83.0 Å². The highest BCUT2D eigenvalue weighted by atomic mass is 35.5. The van der Waals surface area contributed by atoms with Gasteiger partial charge in [0.15, 0.2) is 0 Å². The molecule has 0 aliphatic carbocycles. The first-order valence-electron chi connectivity index (χ1n) is 3.02. The molecule has 5 heteroatoms. The van der Waals surface area contributed by atoms with Crippen LogP contribution in [-0.2, 0) is 6.42 Å². The third kappa shape index (κ3) is 5.44. The van der Waals surface area contributed by atoms with E-state index in [0.29, 0.717) is 0 Å². The molecule has 0 aliphatic heterocycles. The molecule has 0 unspecified atom stereocenters. The normalized spacial score (nSPS) is 8.09. The van der Waals surface area contributed by atoms with E-state index in [1.165, 1.54) is 5.01 Å². The summed E-state index contributed by atoms with van der Waals surface area (Å²) in [6, 6.07) is 0. The van der Waals surface area contributed by atoms with E-state index in [-0.39, 0.29) is 24.8 Å². The van der Waals surface area contributed by atoms with Crippen molar-refractivity contribution in [3.05, 3.63) is 16.6 Å². The van der Waals surface area contributed by atoms with Gasteiger partial charge in [-0.3, -0.25) is 0 Å². The van der Waals surface area contributed by atoms with Crippen molar-refractivity contribution >= 4 is 36.2 Å². The summed E-state index contributed by atoms with van der Waals surface area (Å²) in [5, 5.41) is 3.19. The monoisotopic (exact) mass is 214 g/mol. The third-order valence-electron chi connectivity index (χ3n) is 1.08. The molecule has 0 amide bonds. The molecule has 66 valence electrons. The summed E-state index contributed by atoms with van der Waals surface area (Å²) < 4.78 is 0. The Bertz CT molecular complexity index is 156. The molecule has 1 rings (SSSR count). The third-order valence-corrected chi connectivity index (χ3v) is 1.92. The number of aromatic nitrogens is 1. The molecule has 0 radical (unpaired) electrons. The topological polar surface area (TPSA) is 38.9 Å². The van der Waals surface area contributed by atoms with Crippen molar-refractivity contribution < 1.29 is 0 Å². The van der Waals surface area contributed by atoms with Crippen LogP contribution in [-0.4, -0.2) is 11.5 Å². The van der Waals surface area contributed by atoms with Crippen molar-refractivity contribution in [3.8, 4) is 0 Å². The number of aryl methyl sites for hydroxylation is 1. The van der Waals surface area contributed by atoms with Gasteiger partial charge >= 0.3 is 0 Å². The minimum atomic E-state index is 0. The van der Waals surface area contributed by atoms with Crippen LogP contribution in [0, 0.1) is 0 Å². The predicted octanol–water partition coefficient (Wildman–Crippen LogP) is 1.88. The Hall–Kier alpha value is 0.170. The SMILES string of the molecule is Cl.Cl.NCCCc1nccs1. The van der Waals surface area contributed by atoms with Crippen LogP contribution in [0.3, 0.4) is 0 Å². The number of rotatable bonds is 3. The van der Waals surface area contributed by atoms with Crippen LogP contribution in [0.4, 0.5) is 0 Å². The molecule has 2 N–H and O–H groups in total. The Morgan fingerprint density at radius 3 is 2.64 bits per heavy atom. The van der Waals surface area contributed by atoms with E-state index in [9.17, 15) is 0 Å². The van der Waals surface area contributed by atoms with Gasteiger partial charge in [0, 0.05) is 18.0 Å². The molecule has 1 heterocycles. The molecule has 0 saturated heterocycles. The summed E-state index contributed by atoms with van der Waals surface area (Å²) in [6.45, 7) is 0.763. The first-order valence-corrected chi connectivity index (χ1v) is 3.90. The maximum Gasteiger partial charge on any atom is 0.0925 e. The zero-order valence-corrected chi connectivity index (χ0v) is 8.47. The smallest absolute Gasteiger partial charge is 0.0925 e. The van der Waals surface area contributed by atoms with Gasteiger partial charge in [-0.2, -0.15) is 0 Å². The van der Waals surface area contributed by atoms with Crippen molar-refractivity contribution in [2.45, 2.75) is 12.8 Å². The van der Waals surface area contributed by atoms with E-state index in [1.54, 1.807) is 11.3 Å². The van der Waals surface area contributed by atoms with E-state index in [2.05, 4.69) is 4.98 Å². The average Bonchev–Trinajstić information content (AvgIpc) is 2.34. The number of nitrogens with zero attached hydrogens (tertiary/aromatic N) is 1. The molecule has 1 aromatic heterocycles. The highest BCUT2D eigenvalue weighted by Gasteiger charge is 1.91. The number of halogens is 2. The molecule has 11 heavy (non-hydrogen) atoms. The van der Waals surface area contributed by atoms with Crippen LogP contribution in [0.1, 0.15) is 11.4 Å². The fraction of sp³-hybridized carbons (Fsp3) is 0.500. The van der Waals surface area contributed by atoms with Crippen LogP contribution in [0.2, 0.25) is 0 Å². The Morgan fingerprint density at radius 2 is 2.18 bits per heavy atom. The summed E-state index contributed by atoms with van der Waals surface area (Å²) >= 11 is 1.70. The lowest BCUT2D eigenvalue weighted by Crippen LogP contribution is -1.99. The number of nitrogens with two attached hydrogens (primary N) is 1. The van der Waals surface area contributed by atoms with E-state index in [1.807, 2.05) is 11.6 Å². The fourth-order valence-corrected chi connectivity index (χ4v) is 1.29. The Kier molecular flexibility index (Phi) is 10.3. The van der Waals surface area contributed by atoms with E-state index in [4.69, 9.17) is 5.73 Å². The molecule has 2 nitrogen and oxygen atoms in total. The number of hydrogen-bond donors (Lipinski definition) is 1. The zero-order chi connectivity index (χ0) is 6.53. The van der Waals surface area contributed by atoms with Gasteiger partial charge in [-0.1, -0.05) is 0 Å². The summed E-state index contributed by atoms with van der Waals surface area (Å²) in [4.78, 5) is 4.12. The maximum atomic E-state index is 5.32. The van der Waals surface area contributed by atoms with Gasteiger partial charge in [0.1, 0.15) is 0 Å². The van der Waals surface area contributed by atoms with Gasteiger partial charge < -0.3 is 5.73 Å². The molecule has 0 aliphatic rings. The van der Waals surface area contributed by atoms with Gasteiger partial charge in [-0.05, 0) is 13.0 Å². The lowest BCUT2D eigenvalue weighted by Gasteiger charge is -1.89. The average molecular weight is 215 g/mol. The van der Waals surface area contributed by atoms with Crippen LogP contribution in [0.25, 0.3) is 0 Å². The molecule has 0 aromatic carbocycles. The Morgan fingerprint density at radius 1 is 1.45 bits per heavy atom. The predicted molar refractivity (Wildman–Crippen MR) is 54.0 cm³/mol. The summed E-state index contributed by atoms with van der Waals surface area (Å²) in [6.07, 6.45) is 3.91. The molecule has 0 fully saturated rings. The number of hydrogen-bond acceptors (Lipinski definition) is 3. The van der Waals surface area contributed by atoms with E-state index in [0.717, 1.165) is 19.4 Å². The van der Waals surface area contributed by atoms with Crippen molar-refractivity contribution in [1.29, 1.82) is 0 Å². The maximum absolute atomic E-state index is 5.32. The van der Waals surface area contributed by atoms with Crippen LogP contribution < -0.4 is 5.73 Å².